The van der Waals surface area contributed by atoms with Crippen LogP contribution in [0.3, 0.4) is 0 Å². The van der Waals surface area contributed by atoms with Crippen LogP contribution >= 0.6 is 11.3 Å². The predicted molar refractivity (Wildman–Crippen MR) is 240 cm³/mol. The van der Waals surface area contributed by atoms with Crippen LogP contribution in [0.15, 0.2) is 121 Å². The van der Waals surface area contributed by atoms with Crippen LogP contribution in [-0.4, -0.2) is 0 Å². The summed E-state index contributed by atoms with van der Waals surface area (Å²) < 4.78 is 2.69. The highest BCUT2D eigenvalue weighted by Crippen LogP contribution is 2.67. The largest absolute Gasteiger partial charge is 0.308 e. The Hall–Kier alpha value is -4.66. The highest BCUT2D eigenvalue weighted by molar-refractivity contribution is 7.26. The topological polar surface area (TPSA) is 3.24 Å². The van der Waals surface area contributed by atoms with Gasteiger partial charge in [0.25, 0.3) is 0 Å². The Morgan fingerprint density at radius 3 is 2.04 bits per heavy atom. The third-order valence-corrected chi connectivity index (χ3v) is 16.1. The molecule has 0 amide bonds. The van der Waals surface area contributed by atoms with E-state index in [1.54, 1.807) is 11.1 Å². The lowest BCUT2D eigenvalue weighted by molar-refractivity contribution is 0.0425. The molecular formula is C54H53NS. The van der Waals surface area contributed by atoms with Gasteiger partial charge in [0.05, 0.1) is 21.8 Å². The van der Waals surface area contributed by atoms with Crippen LogP contribution in [0.2, 0.25) is 0 Å². The molecule has 280 valence electrons. The van der Waals surface area contributed by atoms with Gasteiger partial charge < -0.3 is 4.90 Å². The standard InChI is InChI=1S/C54H53NS/c1-32-27-34-29-33(2)54(36(28-32)30-34)43-20-14-22-46(50(43)40-26-25-35(31-44(40)54)52(3,4)5)55(47-23-12-17-38-37-15-9-11-24-48(37)56-51(38)47)45-21-13-19-42-49(45)39-16-8-10-18-41(39)53(42,6)7/h8-26,31-34,36H,27-30H2,1-7H3. The second kappa shape index (κ2) is 11.9. The molecule has 1 aromatic heterocycles. The monoisotopic (exact) mass is 747 g/mol. The van der Waals surface area contributed by atoms with Crippen LogP contribution < -0.4 is 4.90 Å². The van der Waals surface area contributed by atoms with Gasteiger partial charge in [-0.25, -0.2) is 0 Å². The summed E-state index contributed by atoms with van der Waals surface area (Å²) in [5, 5.41) is 2.68. The molecule has 56 heavy (non-hydrogen) atoms. The van der Waals surface area contributed by atoms with Crippen LogP contribution in [0.5, 0.6) is 0 Å². The van der Waals surface area contributed by atoms with Crippen LogP contribution in [0, 0.1) is 23.7 Å². The lowest BCUT2D eigenvalue weighted by Crippen LogP contribution is -2.49. The van der Waals surface area contributed by atoms with Crippen molar-refractivity contribution in [3.63, 3.8) is 0 Å². The summed E-state index contributed by atoms with van der Waals surface area (Å²) in [7, 11) is 0. The van der Waals surface area contributed by atoms with Gasteiger partial charge in [0.1, 0.15) is 0 Å². The molecule has 1 spiro atoms. The molecule has 6 aromatic carbocycles. The molecule has 2 saturated carbocycles. The molecule has 1 heterocycles. The van der Waals surface area contributed by atoms with Gasteiger partial charge in [0.2, 0.25) is 0 Å². The van der Waals surface area contributed by atoms with Crippen molar-refractivity contribution in [1.29, 1.82) is 0 Å². The van der Waals surface area contributed by atoms with Crippen LogP contribution in [0.4, 0.5) is 17.1 Å². The smallest absolute Gasteiger partial charge is 0.0640 e. The van der Waals surface area contributed by atoms with E-state index in [1.165, 1.54) is 102 Å². The highest BCUT2D eigenvalue weighted by atomic mass is 32.1. The van der Waals surface area contributed by atoms with Crippen molar-refractivity contribution < 1.29 is 0 Å². The van der Waals surface area contributed by atoms with E-state index in [0.29, 0.717) is 11.8 Å². The Morgan fingerprint density at radius 1 is 0.589 bits per heavy atom. The Bertz CT molecular complexity index is 2730. The minimum absolute atomic E-state index is 0.00433. The molecule has 0 saturated heterocycles. The zero-order valence-corrected chi connectivity index (χ0v) is 34.9. The molecule has 0 N–H and O–H groups in total. The minimum Gasteiger partial charge on any atom is -0.308 e. The van der Waals surface area contributed by atoms with Gasteiger partial charge in [-0.2, -0.15) is 0 Å². The van der Waals surface area contributed by atoms with Gasteiger partial charge in [-0.15, -0.1) is 11.3 Å². The molecule has 0 aliphatic heterocycles. The zero-order valence-electron chi connectivity index (χ0n) is 34.0. The van der Waals surface area contributed by atoms with Crippen molar-refractivity contribution in [1.82, 2.24) is 0 Å². The second-order valence-electron chi connectivity index (χ2n) is 19.5. The summed E-state index contributed by atoms with van der Waals surface area (Å²) in [6.07, 6.45) is 5.36. The van der Waals surface area contributed by atoms with Gasteiger partial charge in [-0.3, -0.25) is 0 Å². The number of rotatable bonds is 3. The molecule has 7 aromatic rings. The number of hydrogen-bond donors (Lipinski definition) is 0. The summed E-state index contributed by atoms with van der Waals surface area (Å²) in [6, 6.07) is 47.4. The van der Waals surface area contributed by atoms with Gasteiger partial charge >= 0.3 is 0 Å². The lowest BCUT2D eigenvalue weighted by Gasteiger charge is -2.54. The fraction of sp³-hybridized carbons (Fsp3) is 0.333. The minimum atomic E-state index is -0.0956. The third kappa shape index (κ3) is 4.60. The number of thiophene rings is 1. The summed E-state index contributed by atoms with van der Waals surface area (Å²) in [4.78, 5) is 2.70. The van der Waals surface area contributed by atoms with Crippen molar-refractivity contribution in [3.8, 4) is 22.3 Å². The Balaban J connectivity index is 1.26. The summed E-state index contributed by atoms with van der Waals surface area (Å²) in [5.41, 5.74) is 16.9. The van der Waals surface area contributed by atoms with E-state index in [4.69, 9.17) is 0 Å². The first kappa shape index (κ1) is 34.6. The number of benzene rings is 6. The second-order valence-corrected chi connectivity index (χ2v) is 20.6. The van der Waals surface area contributed by atoms with Gasteiger partial charge in [-0.1, -0.05) is 146 Å². The number of anilines is 3. The average molecular weight is 748 g/mol. The van der Waals surface area contributed by atoms with Crippen molar-refractivity contribution >= 4 is 48.6 Å². The molecule has 2 fully saturated rings. The molecule has 11 rings (SSSR count). The molecular weight excluding hydrogens is 695 g/mol. The fourth-order valence-electron chi connectivity index (χ4n) is 12.7. The van der Waals surface area contributed by atoms with Crippen molar-refractivity contribution in [3.05, 3.63) is 149 Å². The molecule has 0 radical (unpaired) electrons. The van der Waals surface area contributed by atoms with Gasteiger partial charge in [0.15, 0.2) is 0 Å². The maximum atomic E-state index is 2.70. The Morgan fingerprint density at radius 2 is 1.23 bits per heavy atom. The lowest BCUT2D eigenvalue weighted by atomic mass is 9.49. The fourth-order valence-corrected chi connectivity index (χ4v) is 13.9. The number of fused-ring (bicyclic) bond motifs is 14. The predicted octanol–water partition coefficient (Wildman–Crippen LogP) is 15.5. The normalized spacial score (nSPS) is 24.3. The van der Waals surface area contributed by atoms with Crippen molar-refractivity contribution in [2.75, 3.05) is 4.90 Å². The van der Waals surface area contributed by atoms with Crippen LogP contribution in [-0.2, 0) is 16.2 Å². The van der Waals surface area contributed by atoms with Crippen molar-refractivity contribution in [2.45, 2.75) is 90.4 Å². The van der Waals surface area contributed by atoms with Crippen LogP contribution in [0.25, 0.3) is 42.4 Å². The molecule has 4 aliphatic carbocycles. The number of hydrogen-bond acceptors (Lipinski definition) is 2. The molecule has 4 aliphatic rings. The first-order valence-corrected chi connectivity index (χ1v) is 22.0. The SMILES string of the molecule is CC1CC2CC(C)C3(c4cc(C(C)(C)C)ccc4-c4c(N(c5cccc6c5-c5ccccc5C6(C)C)c5cccc6c5sc5ccccc56)cccc43)C(C1)C2. The van der Waals surface area contributed by atoms with Gasteiger partial charge in [0, 0.05) is 37.4 Å². The van der Waals surface area contributed by atoms with Gasteiger partial charge in [-0.05, 0) is 118 Å². The molecule has 1 nitrogen and oxygen atoms in total. The maximum absolute atomic E-state index is 2.70. The third-order valence-electron chi connectivity index (χ3n) is 14.9. The molecule has 5 atom stereocenters. The summed E-state index contributed by atoms with van der Waals surface area (Å²) in [5.74, 6) is 2.81. The van der Waals surface area contributed by atoms with E-state index < -0.39 is 0 Å². The maximum Gasteiger partial charge on any atom is 0.0640 e. The summed E-state index contributed by atoms with van der Waals surface area (Å²) >= 11 is 1.94. The Kier molecular flexibility index (Phi) is 7.37. The quantitative estimate of drug-likeness (QED) is 0.174. The first-order valence-electron chi connectivity index (χ1n) is 21.2. The highest BCUT2D eigenvalue weighted by Gasteiger charge is 2.57. The van der Waals surface area contributed by atoms with E-state index in [1.807, 2.05) is 11.3 Å². The number of nitrogens with zero attached hydrogens (tertiary/aromatic N) is 1. The first-order chi connectivity index (χ1) is 27.0. The molecule has 2 heteroatoms. The van der Waals surface area contributed by atoms with E-state index in [9.17, 15) is 0 Å². The average Bonchev–Trinajstić information content (AvgIpc) is 3.79. The van der Waals surface area contributed by atoms with Crippen molar-refractivity contribution in [2.24, 2.45) is 23.7 Å². The van der Waals surface area contributed by atoms with E-state index >= 15 is 0 Å². The zero-order chi connectivity index (χ0) is 38.3. The van der Waals surface area contributed by atoms with E-state index in [-0.39, 0.29) is 16.2 Å². The summed E-state index contributed by atoms with van der Waals surface area (Å²) in [6.45, 7) is 17.1. The molecule has 5 unspecified atom stereocenters. The van der Waals surface area contributed by atoms with E-state index in [0.717, 1.165) is 11.8 Å². The molecule has 2 bridgehead atoms. The van der Waals surface area contributed by atoms with Crippen LogP contribution in [0.1, 0.15) is 102 Å². The Labute approximate surface area is 337 Å². The van der Waals surface area contributed by atoms with E-state index in [2.05, 4.69) is 175 Å².